The van der Waals surface area contributed by atoms with Crippen LogP contribution in [0, 0.1) is 11.6 Å². The lowest BCUT2D eigenvalue weighted by Crippen LogP contribution is -2.21. The van der Waals surface area contributed by atoms with Crippen LogP contribution in [0.1, 0.15) is 16.1 Å². The van der Waals surface area contributed by atoms with E-state index in [2.05, 4.69) is 20.3 Å². The number of carboxylic acids is 1. The standard InChI is InChI=1S/C22H14ClF2N5O2S/c23-12-4-5-13-17(8-12)30(19-14(24)2-1-3-15(19)25)7-6-11-9-26-21(28-18(11)13)29-22-27-16(10-33-22)20(31)32/h1-5,8-10H,6-7H2,(H,31,32)(H,26,27,28,29). The summed E-state index contributed by atoms with van der Waals surface area (Å²) in [6.45, 7) is 0.281. The van der Waals surface area contributed by atoms with Crippen LogP contribution in [0.2, 0.25) is 5.02 Å². The van der Waals surface area contributed by atoms with Crippen molar-refractivity contribution in [3.63, 3.8) is 0 Å². The van der Waals surface area contributed by atoms with Gasteiger partial charge in [0.1, 0.15) is 17.3 Å². The Labute approximate surface area is 195 Å². The number of aromatic nitrogens is 3. The lowest BCUT2D eigenvalue weighted by molar-refractivity contribution is 0.0691. The van der Waals surface area contributed by atoms with Crippen molar-refractivity contribution >= 4 is 51.4 Å². The molecule has 3 heterocycles. The SMILES string of the molecule is O=C(O)c1csc(Nc2ncc3c(n2)-c2ccc(Cl)cc2N(c2c(F)cccc2F)CC3)n1. The fraction of sp³-hybridized carbons (Fsp3) is 0.0909. The van der Waals surface area contributed by atoms with E-state index in [1.807, 2.05) is 0 Å². The predicted molar refractivity (Wildman–Crippen MR) is 122 cm³/mol. The highest BCUT2D eigenvalue weighted by molar-refractivity contribution is 7.14. The minimum atomic E-state index is -1.13. The molecule has 0 fully saturated rings. The average molecular weight is 486 g/mol. The van der Waals surface area contributed by atoms with Crippen molar-refractivity contribution in [1.29, 1.82) is 0 Å². The first-order valence-electron chi connectivity index (χ1n) is 9.74. The summed E-state index contributed by atoms with van der Waals surface area (Å²) in [5.74, 6) is -2.28. The van der Waals surface area contributed by atoms with Crippen LogP contribution in [-0.4, -0.2) is 32.6 Å². The highest BCUT2D eigenvalue weighted by atomic mass is 35.5. The summed E-state index contributed by atoms with van der Waals surface area (Å²) in [7, 11) is 0. The molecule has 0 atom stereocenters. The number of fused-ring (bicyclic) bond motifs is 3. The van der Waals surface area contributed by atoms with Gasteiger partial charge in [0.2, 0.25) is 5.95 Å². The van der Waals surface area contributed by atoms with Gasteiger partial charge >= 0.3 is 5.97 Å². The van der Waals surface area contributed by atoms with Crippen molar-refractivity contribution < 1.29 is 18.7 Å². The number of aromatic carboxylic acids is 1. The Bertz CT molecular complexity index is 1380. The van der Waals surface area contributed by atoms with E-state index in [1.165, 1.54) is 23.6 Å². The lowest BCUT2D eigenvalue weighted by Gasteiger charge is -2.26. The van der Waals surface area contributed by atoms with Gasteiger partial charge in [0.15, 0.2) is 10.8 Å². The summed E-state index contributed by atoms with van der Waals surface area (Å²) in [6, 6.07) is 8.81. The Morgan fingerprint density at radius 1 is 1.18 bits per heavy atom. The summed E-state index contributed by atoms with van der Waals surface area (Å²) in [5.41, 5.74) is 2.26. The highest BCUT2D eigenvalue weighted by Gasteiger charge is 2.27. The molecule has 33 heavy (non-hydrogen) atoms. The molecule has 0 saturated carbocycles. The van der Waals surface area contributed by atoms with Crippen molar-refractivity contribution in [1.82, 2.24) is 15.0 Å². The van der Waals surface area contributed by atoms with Crippen LogP contribution < -0.4 is 10.2 Å². The molecular formula is C22H14ClF2N5O2S. The van der Waals surface area contributed by atoms with Crippen LogP contribution in [0.4, 0.5) is 31.2 Å². The van der Waals surface area contributed by atoms with Crippen molar-refractivity contribution in [3.05, 3.63) is 75.9 Å². The van der Waals surface area contributed by atoms with Crippen LogP contribution in [-0.2, 0) is 6.42 Å². The second-order valence-electron chi connectivity index (χ2n) is 7.17. The van der Waals surface area contributed by atoms with Gasteiger partial charge in [-0.05, 0) is 42.3 Å². The Morgan fingerprint density at radius 3 is 2.70 bits per heavy atom. The van der Waals surface area contributed by atoms with Gasteiger partial charge in [-0.1, -0.05) is 17.7 Å². The molecule has 0 unspecified atom stereocenters. The Kier molecular flexibility index (Phi) is 5.39. The first kappa shape index (κ1) is 21.2. The van der Waals surface area contributed by atoms with Gasteiger partial charge in [-0.2, -0.15) is 0 Å². The number of hydrogen-bond acceptors (Lipinski definition) is 7. The maximum atomic E-state index is 14.7. The zero-order chi connectivity index (χ0) is 23.1. The van der Waals surface area contributed by atoms with Gasteiger partial charge in [-0.25, -0.2) is 28.5 Å². The normalized spacial score (nSPS) is 12.6. The van der Waals surface area contributed by atoms with Crippen molar-refractivity contribution in [2.45, 2.75) is 6.42 Å². The van der Waals surface area contributed by atoms with Crippen LogP contribution in [0.15, 0.2) is 48.0 Å². The molecule has 11 heteroatoms. The molecule has 0 spiro atoms. The summed E-state index contributed by atoms with van der Waals surface area (Å²) >= 11 is 7.35. The molecule has 2 aromatic heterocycles. The molecule has 0 saturated heterocycles. The summed E-state index contributed by atoms with van der Waals surface area (Å²) in [6.07, 6.45) is 2.06. The Hall–Kier alpha value is -3.63. The molecule has 0 aliphatic carbocycles. The minimum absolute atomic E-state index is 0.0835. The monoisotopic (exact) mass is 485 g/mol. The van der Waals surface area contributed by atoms with Crippen LogP contribution in [0.5, 0.6) is 0 Å². The summed E-state index contributed by atoms with van der Waals surface area (Å²) < 4.78 is 29.3. The maximum absolute atomic E-state index is 14.7. The fourth-order valence-corrected chi connectivity index (χ4v) is 4.51. The van der Waals surface area contributed by atoms with Crippen LogP contribution in [0.3, 0.4) is 0 Å². The maximum Gasteiger partial charge on any atom is 0.355 e. The zero-order valence-electron chi connectivity index (χ0n) is 16.7. The second kappa shape index (κ2) is 8.38. The van der Waals surface area contributed by atoms with Gasteiger partial charge in [-0.15, -0.1) is 11.3 Å². The number of halogens is 3. The second-order valence-corrected chi connectivity index (χ2v) is 8.46. The number of para-hydroxylation sites is 1. The molecule has 2 aromatic carbocycles. The molecule has 0 radical (unpaired) electrons. The van der Waals surface area contributed by atoms with E-state index >= 15 is 0 Å². The molecule has 2 N–H and O–H groups in total. The Morgan fingerprint density at radius 2 is 1.97 bits per heavy atom. The largest absolute Gasteiger partial charge is 0.476 e. The quantitative estimate of drug-likeness (QED) is 0.385. The molecule has 7 nitrogen and oxygen atoms in total. The number of nitrogens with zero attached hydrogens (tertiary/aromatic N) is 4. The molecular weight excluding hydrogens is 472 g/mol. The van der Waals surface area contributed by atoms with Gasteiger partial charge in [-0.3, -0.25) is 0 Å². The predicted octanol–water partition coefficient (Wildman–Crippen LogP) is 5.67. The first-order valence-corrected chi connectivity index (χ1v) is 11.0. The summed E-state index contributed by atoms with van der Waals surface area (Å²) in [4.78, 5) is 25.5. The van der Waals surface area contributed by atoms with Gasteiger partial charge in [0.25, 0.3) is 0 Å². The van der Waals surface area contributed by atoms with Crippen molar-refractivity contribution in [3.8, 4) is 11.3 Å². The van der Waals surface area contributed by atoms with E-state index in [-0.39, 0.29) is 23.9 Å². The molecule has 0 amide bonds. The number of carboxylic acid groups (broad SMARTS) is 1. The third kappa shape index (κ3) is 3.98. The number of rotatable bonds is 4. The fourth-order valence-electron chi connectivity index (χ4n) is 3.67. The number of hydrogen-bond donors (Lipinski definition) is 2. The summed E-state index contributed by atoms with van der Waals surface area (Å²) in [5, 5.41) is 14.1. The lowest BCUT2D eigenvalue weighted by atomic mass is 10.0. The van der Waals surface area contributed by atoms with E-state index in [0.29, 0.717) is 33.5 Å². The topological polar surface area (TPSA) is 91.2 Å². The van der Waals surface area contributed by atoms with E-state index in [4.69, 9.17) is 16.7 Å². The van der Waals surface area contributed by atoms with Gasteiger partial charge < -0.3 is 15.3 Å². The zero-order valence-corrected chi connectivity index (χ0v) is 18.3. The number of anilines is 4. The number of carbonyl (C=O) groups is 1. The number of nitrogens with one attached hydrogen (secondary N) is 1. The molecule has 1 aliphatic heterocycles. The van der Waals surface area contributed by atoms with Crippen LogP contribution in [0.25, 0.3) is 11.3 Å². The Balaban J connectivity index is 1.60. The third-order valence-electron chi connectivity index (χ3n) is 5.12. The highest BCUT2D eigenvalue weighted by Crippen LogP contribution is 2.42. The molecule has 0 bridgehead atoms. The van der Waals surface area contributed by atoms with Crippen molar-refractivity contribution in [2.24, 2.45) is 0 Å². The average Bonchev–Trinajstić information content (AvgIpc) is 3.19. The molecule has 166 valence electrons. The smallest absolute Gasteiger partial charge is 0.355 e. The van der Waals surface area contributed by atoms with E-state index < -0.39 is 17.6 Å². The van der Waals surface area contributed by atoms with Gasteiger partial charge in [0, 0.05) is 28.7 Å². The number of thiazole rings is 1. The minimum Gasteiger partial charge on any atom is -0.476 e. The molecule has 4 aromatic rings. The molecule has 5 rings (SSSR count). The first-order chi connectivity index (χ1) is 15.9. The molecule has 1 aliphatic rings. The van der Waals surface area contributed by atoms with E-state index in [0.717, 1.165) is 16.9 Å². The van der Waals surface area contributed by atoms with E-state index in [1.54, 1.807) is 29.3 Å². The van der Waals surface area contributed by atoms with Crippen LogP contribution >= 0.6 is 22.9 Å². The third-order valence-corrected chi connectivity index (χ3v) is 6.12. The van der Waals surface area contributed by atoms with Crippen molar-refractivity contribution in [2.75, 3.05) is 16.8 Å². The number of benzene rings is 2. The van der Waals surface area contributed by atoms with Gasteiger partial charge in [0.05, 0.1) is 11.4 Å². The van der Waals surface area contributed by atoms with E-state index in [9.17, 15) is 13.6 Å².